The maximum Gasteiger partial charge on any atom is 0.313 e. The maximum absolute atomic E-state index is 5.97. The van der Waals surface area contributed by atoms with Crippen LogP contribution < -0.4 is 10.5 Å². The molecule has 0 aliphatic carbocycles. The molecule has 0 atom stereocenters. The molecule has 0 saturated carbocycles. The lowest BCUT2D eigenvalue weighted by atomic mass is 10.2. The van der Waals surface area contributed by atoms with Crippen molar-refractivity contribution >= 4 is 29.2 Å². The highest BCUT2D eigenvalue weighted by Gasteiger charge is 2.06. The van der Waals surface area contributed by atoms with Gasteiger partial charge >= 0.3 is 6.01 Å². The Hall–Kier alpha value is -2.24. The molecule has 0 unspecified atom stereocenters. The largest absolute Gasteiger partial charge is 0.489 e. The molecular weight excluding hydrogens is 325 g/mol. The molecule has 0 saturated heterocycles. The van der Waals surface area contributed by atoms with Gasteiger partial charge in [0.1, 0.15) is 12.4 Å². The van der Waals surface area contributed by atoms with Gasteiger partial charge in [0.2, 0.25) is 5.89 Å². The molecule has 0 radical (unpaired) electrons. The fraction of sp³-hybridized carbons (Fsp3) is 0.0667. The molecular formula is C15H11Cl2N3O2. The Kier molecular flexibility index (Phi) is 4.18. The van der Waals surface area contributed by atoms with Crippen LogP contribution in [0.3, 0.4) is 0 Å². The minimum Gasteiger partial charge on any atom is -0.489 e. The van der Waals surface area contributed by atoms with Crippen LogP contribution in [0.2, 0.25) is 10.0 Å². The van der Waals surface area contributed by atoms with E-state index in [-0.39, 0.29) is 6.01 Å². The Morgan fingerprint density at radius 1 is 1.00 bits per heavy atom. The Bertz CT molecular complexity index is 788. The van der Waals surface area contributed by atoms with Crippen LogP contribution in [0.4, 0.5) is 6.01 Å². The molecule has 112 valence electrons. The van der Waals surface area contributed by atoms with Gasteiger partial charge in [0.15, 0.2) is 0 Å². The standard InChI is InChI=1S/C15H11Cl2N3O2/c16-12-6-1-9(7-13(12)17)8-21-11-4-2-10(3-5-11)14-19-20-15(18)22-14/h1-7H,8H2,(H2,18,20). The van der Waals surface area contributed by atoms with Gasteiger partial charge in [-0.25, -0.2) is 0 Å². The summed E-state index contributed by atoms with van der Waals surface area (Å²) < 4.78 is 10.8. The van der Waals surface area contributed by atoms with Gasteiger partial charge in [-0.1, -0.05) is 34.4 Å². The number of nitrogen functional groups attached to an aromatic ring is 1. The van der Waals surface area contributed by atoms with Gasteiger partial charge in [-0.3, -0.25) is 0 Å². The topological polar surface area (TPSA) is 74.2 Å². The molecule has 1 aromatic heterocycles. The number of aromatic nitrogens is 2. The molecule has 0 aliphatic heterocycles. The van der Waals surface area contributed by atoms with E-state index in [0.29, 0.717) is 28.3 Å². The van der Waals surface area contributed by atoms with Crippen molar-refractivity contribution in [2.75, 3.05) is 5.73 Å². The van der Waals surface area contributed by atoms with Crippen molar-refractivity contribution in [3.8, 4) is 17.2 Å². The van der Waals surface area contributed by atoms with E-state index in [2.05, 4.69) is 10.2 Å². The molecule has 3 rings (SSSR count). The maximum atomic E-state index is 5.97. The zero-order valence-electron chi connectivity index (χ0n) is 11.3. The fourth-order valence-electron chi connectivity index (χ4n) is 1.84. The second-order valence-corrected chi connectivity index (χ2v) is 5.32. The van der Waals surface area contributed by atoms with Gasteiger partial charge in [0.25, 0.3) is 0 Å². The van der Waals surface area contributed by atoms with Gasteiger partial charge in [0, 0.05) is 5.56 Å². The number of benzene rings is 2. The second-order valence-electron chi connectivity index (χ2n) is 4.51. The summed E-state index contributed by atoms with van der Waals surface area (Å²) in [6, 6.07) is 12.7. The van der Waals surface area contributed by atoms with Crippen molar-refractivity contribution in [1.29, 1.82) is 0 Å². The van der Waals surface area contributed by atoms with Crippen molar-refractivity contribution in [1.82, 2.24) is 10.2 Å². The molecule has 0 fully saturated rings. The quantitative estimate of drug-likeness (QED) is 0.773. The molecule has 2 aromatic carbocycles. The average molecular weight is 336 g/mol. The lowest BCUT2D eigenvalue weighted by Gasteiger charge is -2.07. The number of nitrogens with two attached hydrogens (primary N) is 1. The Morgan fingerprint density at radius 3 is 2.41 bits per heavy atom. The van der Waals surface area contributed by atoms with Crippen LogP contribution in [-0.4, -0.2) is 10.2 Å². The Morgan fingerprint density at radius 2 is 1.77 bits per heavy atom. The normalized spacial score (nSPS) is 10.6. The summed E-state index contributed by atoms with van der Waals surface area (Å²) in [7, 11) is 0. The van der Waals surface area contributed by atoms with Gasteiger partial charge in [-0.15, -0.1) is 5.10 Å². The van der Waals surface area contributed by atoms with Crippen molar-refractivity contribution in [2.45, 2.75) is 6.61 Å². The lowest BCUT2D eigenvalue weighted by Crippen LogP contribution is -1.95. The van der Waals surface area contributed by atoms with Crippen molar-refractivity contribution in [3.05, 3.63) is 58.1 Å². The van der Waals surface area contributed by atoms with Crippen LogP contribution in [0.1, 0.15) is 5.56 Å². The summed E-state index contributed by atoms with van der Waals surface area (Å²) in [6.45, 7) is 0.393. The van der Waals surface area contributed by atoms with E-state index < -0.39 is 0 Å². The number of nitrogens with zero attached hydrogens (tertiary/aromatic N) is 2. The van der Waals surface area contributed by atoms with Crippen LogP contribution in [0.25, 0.3) is 11.5 Å². The van der Waals surface area contributed by atoms with Crippen LogP contribution in [0, 0.1) is 0 Å². The van der Waals surface area contributed by atoms with Crippen LogP contribution in [0.15, 0.2) is 46.9 Å². The molecule has 22 heavy (non-hydrogen) atoms. The highest BCUT2D eigenvalue weighted by molar-refractivity contribution is 6.42. The highest BCUT2D eigenvalue weighted by Crippen LogP contribution is 2.25. The Balaban J connectivity index is 1.67. The third-order valence-corrected chi connectivity index (χ3v) is 3.67. The fourth-order valence-corrected chi connectivity index (χ4v) is 2.16. The van der Waals surface area contributed by atoms with Crippen LogP contribution >= 0.6 is 23.2 Å². The Labute approximate surface area is 136 Å². The van der Waals surface area contributed by atoms with Gasteiger partial charge in [0.05, 0.1) is 10.0 Å². The molecule has 5 nitrogen and oxygen atoms in total. The number of anilines is 1. The summed E-state index contributed by atoms with van der Waals surface area (Å²) in [5.41, 5.74) is 7.10. The van der Waals surface area contributed by atoms with Gasteiger partial charge < -0.3 is 14.9 Å². The molecule has 3 aromatic rings. The monoisotopic (exact) mass is 335 g/mol. The average Bonchev–Trinajstić information content (AvgIpc) is 2.95. The minimum absolute atomic E-state index is 0.0370. The predicted octanol–water partition coefficient (Wildman–Crippen LogP) is 4.20. The van der Waals surface area contributed by atoms with E-state index in [0.717, 1.165) is 11.1 Å². The molecule has 0 aliphatic rings. The van der Waals surface area contributed by atoms with E-state index in [1.165, 1.54) is 0 Å². The van der Waals surface area contributed by atoms with Crippen LogP contribution in [-0.2, 0) is 6.61 Å². The van der Waals surface area contributed by atoms with E-state index in [9.17, 15) is 0 Å². The number of rotatable bonds is 4. The summed E-state index contributed by atoms with van der Waals surface area (Å²) in [4.78, 5) is 0. The van der Waals surface area contributed by atoms with E-state index >= 15 is 0 Å². The van der Waals surface area contributed by atoms with Crippen molar-refractivity contribution in [3.63, 3.8) is 0 Å². The summed E-state index contributed by atoms with van der Waals surface area (Å²) >= 11 is 11.8. The first-order valence-electron chi connectivity index (χ1n) is 6.38. The molecule has 0 amide bonds. The molecule has 0 bridgehead atoms. The molecule has 7 heteroatoms. The van der Waals surface area contributed by atoms with Gasteiger partial charge in [-0.05, 0) is 42.0 Å². The third-order valence-electron chi connectivity index (χ3n) is 2.93. The molecule has 1 heterocycles. The van der Waals surface area contributed by atoms with Gasteiger partial charge in [-0.2, -0.15) is 0 Å². The molecule has 2 N–H and O–H groups in total. The first-order valence-corrected chi connectivity index (χ1v) is 7.13. The SMILES string of the molecule is Nc1nnc(-c2ccc(OCc3ccc(Cl)c(Cl)c3)cc2)o1. The van der Waals surface area contributed by atoms with E-state index in [1.54, 1.807) is 12.1 Å². The zero-order valence-corrected chi connectivity index (χ0v) is 12.8. The van der Waals surface area contributed by atoms with Crippen LogP contribution in [0.5, 0.6) is 5.75 Å². The van der Waals surface area contributed by atoms with Crippen molar-refractivity contribution in [2.24, 2.45) is 0 Å². The zero-order chi connectivity index (χ0) is 15.5. The van der Waals surface area contributed by atoms with E-state index in [1.807, 2.05) is 30.3 Å². The number of ether oxygens (including phenoxy) is 1. The lowest BCUT2D eigenvalue weighted by molar-refractivity contribution is 0.306. The second kappa shape index (κ2) is 6.25. The number of halogens is 2. The van der Waals surface area contributed by atoms with E-state index in [4.69, 9.17) is 38.1 Å². The summed E-state index contributed by atoms with van der Waals surface area (Å²) in [5, 5.41) is 8.46. The minimum atomic E-state index is 0.0370. The van der Waals surface area contributed by atoms with Crippen molar-refractivity contribution < 1.29 is 9.15 Å². The first kappa shape index (κ1) is 14.7. The highest BCUT2D eigenvalue weighted by atomic mass is 35.5. The molecule has 0 spiro atoms. The number of hydrogen-bond acceptors (Lipinski definition) is 5. The smallest absolute Gasteiger partial charge is 0.313 e. The predicted molar refractivity (Wildman–Crippen MR) is 84.9 cm³/mol. The summed E-state index contributed by atoms with van der Waals surface area (Å²) in [6.07, 6.45) is 0. The number of hydrogen-bond donors (Lipinski definition) is 1. The third kappa shape index (κ3) is 3.32. The summed E-state index contributed by atoms with van der Waals surface area (Å²) in [5.74, 6) is 1.08. The first-order chi connectivity index (χ1) is 10.6.